The number of ether oxygens (including phenoxy) is 1. The minimum atomic E-state index is -1.19. The molecular formula is C14H26N2O5. The SMILES string of the molecule is C=C(O)C1OC(NCCCCC(=O)NC)C(C)C(O)C1O. The van der Waals surface area contributed by atoms with E-state index in [0.29, 0.717) is 13.0 Å². The Morgan fingerprint density at radius 1 is 1.29 bits per heavy atom. The van der Waals surface area contributed by atoms with Gasteiger partial charge in [0.05, 0.1) is 6.10 Å². The maximum absolute atomic E-state index is 11.1. The van der Waals surface area contributed by atoms with E-state index in [2.05, 4.69) is 17.2 Å². The molecule has 5 atom stereocenters. The van der Waals surface area contributed by atoms with Crippen LogP contribution >= 0.6 is 0 Å². The van der Waals surface area contributed by atoms with E-state index in [1.165, 1.54) is 0 Å². The number of hydrogen-bond donors (Lipinski definition) is 5. The van der Waals surface area contributed by atoms with Crippen LogP contribution < -0.4 is 10.6 Å². The number of nitrogens with one attached hydrogen (secondary N) is 2. The van der Waals surface area contributed by atoms with E-state index in [-0.39, 0.29) is 17.6 Å². The minimum Gasteiger partial charge on any atom is -0.510 e. The van der Waals surface area contributed by atoms with Crippen LogP contribution in [0.3, 0.4) is 0 Å². The van der Waals surface area contributed by atoms with E-state index in [1.807, 2.05) is 0 Å². The van der Waals surface area contributed by atoms with Gasteiger partial charge < -0.3 is 25.4 Å². The lowest BCUT2D eigenvalue weighted by atomic mass is 9.90. The van der Waals surface area contributed by atoms with Crippen molar-refractivity contribution in [1.29, 1.82) is 0 Å². The molecule has 1 amide bonds. The van der Waals surface area contributed by atoms with Crippen LogP contribution in [0, 0.1) is 5.92 Å². The lowest BCUT2D eigenvalue weighted by molar-refractivity contribution is -0.199. The molecule has 1 aliphatic rings. The summed E-state index contributed by atoms with van der Waals surface area (Å²) in [5.41, 5.74) is 0. The molecule has 1 heterocycles. The fourth-order valence-electron chi connectivity index (χ4n) is 2.32. The monoisotopic (exact) mass is 302 g/mol. The molecule has 21 heavy (non-hydrogen) atoms. The van der Waals surface area contributed by atoms with Crippen molar-refractivity contribution in [3.05, 3.63) is 12.3 Å². The highest BCUT2D eigenvalue weighted by atomic mass is 16.5. The zero-order chi connectivity index (χ0) is 16.0. The molecule has 0 spiro atoms. The maximum Gasteiger partial charge on any atom is 0.219 e. The average molecular weight is 302 g/mol. The van der Waals surface area contributed by atoms with Crippen LogP contribution in [0.25, 0.3) is 0 Å². The molecule has 0 aliphatic carbocycles. The van der Waals surface area contributed by atoms with Gasteiger partial charge in [0.25, 0.3) is 0 Å². The third-order valence-electron chi connectivity index (χ3n) is 3.75. The number of rotatable bonds is 7. The van der Waals surface area contributed by atoms with Crippen LogP contribution in [0.1, 0.15) is 26.2 Å². The zero-order valence-corrected chi connectivity index (χ0v) is 12.6. The van der Waals surface area contributed by atoms with Gasteiger partial charge in [0.1, 0.15) is 24.2 Å². The van der Waals surface area contributed by atoms with E-state index >= 15 is 0 Å². The molecule has 1 aliphatic heterocycles. The van der Waals surface area contributed by atoms with Gasteiger partial charge in [0.2, 0.25) is 5.91 Å². The fraction of sp³-hybridized carbons (Fsp3) is 0.786. The number of aliphatic hydroxyl groups is 3. The minimum absolute atomic E-state index is 0.00692. The summed E-state index contributed by atoms with van der Waals surface area (Å²) in [6.45, 7) is 5.72. The van der Waals surface area contributed by atoms with Crippen LogP contribution in [0.2, 0.25) is 0 Å². The van der Waals surface area contributed by atoms with Crippen LogP contribution in [-0.2, 0) is 9.53 Å². The molecule has 1 saturated heterocycles. The van der Waals surface area contributed by atoms with Crippen LogP contribution in [0.15, 0.2) is 12.3 Å². The summed E-state index contributed by atoms with van der Waals surface area (Å²) in [6, 6.07) is 0. The standard InChI is InChI=1S/C14H26N2O5/c1-8-11(19)12(20)13(9(2)17)21-14(8)16-7-5-4-6-10(18)15-3/h8,11-14,16-17,19-20H,2,4-7H2,1,3H3,(H,15,18). The summed E-state index contributed by atoms with van der Waals surface area (Å²) in [4.78, 5) is 11.1. The molecule has 0 saturated carbocycles. The molecular weight excluding hydrogens is 276 g/mol. The van der Waals surface area contributed by atoms with Crippen molar-refractivity contribution >= 4 is 5.91 Å². The Morgan fingerprint density at radius 3 is 2.52 bits per heavy atom. The third kappa shape index (κ3) is 4.96. The van der Waals surface area contributed by atoms with Crippen LogP contribution in [0.5, 0.6) is 0 Å². The molecule has 0 bridgehead atoms. The van der Waals surface area contributed by atoms with Gasteiger partial charge in [-0.25, -0.2) is 0 Å². The van der Waals surface area contributed by atoms with Crippen molar-refractivity contribution in [1.82, 2.24) is 10.6 Å². The molecule has 5 N–H and O–H groups in total. The predicted octanol–water partition coefficient (Wildman–Crippen LogP) is -0.353. The first kappa shape index (κ1) is 17.9. The third-order valence-corrected chi connectivity index (χ3v) is 3.75. The Hall–Kier alpha value is -1.15. The van der Waals surface area contributed by atoms with Crippen molar-refractivity contribution in [2.24, 2.45) is 5.92 Å². The van der Waals surface area contributed by atoms with Crippen molar-refractivity contribution < 1.29 is 24.9 Å². The molecule has 0 aromatic rings. The molecule has 0 radical (unpaired) electrons. The first-order valence-electron chi connectivity index (χ1n) is 7.21. The van der Waals surface area contributed by atoms with Crippen molar-refractivity contribution in [2.45, 2.75) is 50.7 Å². The topological polar surface area (TPSA) is 111 Å². The molecule has 5 unspecified atom stereocenters. The van der Waals surface area contributed by atoms with E-state index in [9.17, 15) is 20.1 Å². The van der Waals surface area contributed by atoms with Crippen molar-refractivity contribution in [3.8, 4) is 0 Å². The molecule has 7 heteroatoms. The lowest BCUT2D eigenvalue weighted by Crippen LogP contribution is -2.58. The highest BCUT2D eigenvalue weighted by molar-refractivity contribution is 5.75. The number of carbonyl (C=O) groups is 1. The molecule has 0 aromatic carbocycles. The van der Waals surface area contributed by atoms with E-state index in [4.69, 9.17) is 4.74 Å². The van der Waals surface area contributed by atoms with Gasteiger partial charge in [0, 0.05) is 19.4 Å². The Balaban J connectivity index is 2.39. The number of aliphatic hydroxyl groups excluding tert-OH is 3. The summed E-state index contributed by atoms with van der Waals surface area (Å²) in [7, 11) is 1.60. The normalized spacial score (nSPS) is 32.7. The van der Waals surface area contributed by atoms with E-state index in [0.717, 1.165) is 12.8 Å². The summed E-state index contributed by atoms with van der Waals surface area (Å²) >= 11 is 0. The largest absolute Gasteiger partial charge is 0.510 e. The lowest BCUT2D eigenvalue weighted by Gasteiger charge is -2.41. The molecule has 122 valence electrons. The summed E-state index contributed by atoms with van der Waals surface area (Å²) in [5, 5.41) is 34.9. The smallest absolute Gasteiger partial charge is 0.219 e. The van der Waals surface area contributed by atoms with Gasteiger partial charge in [0.15, 0.2) is 0 Å². The number of carbonyl (C=O) groups excluding carboxylic acids is 1. The Morgan fingerprint density at radius 2 is 1.95 bits per heavy atom. The quantitative estimate of drug-likeness (QED) is 0.325. The van der Waals surface area contributed by atoms with E-state index in [1.54, 1.807) is 14.0 Å². The molecule has 1 rings (SSSR count). The van der Waals surface area contributed by atoms with Crippen LogP contribution in [-0.4, -0.2) is 59.4 Å². The average Bonchev–Trinajstić information content (AvgIpc) is 2.45. The summed E-state index contributed by atoms with van der Waals surface area (Å²) < 4.78 is 5.54. The predicted molar refractivity (Wildman–Crippen MR) is 77.5 cm³/mol. The zero-order valence-electron chi connectivity index (χ0n) is 12.6. The van der Waals surface area contributed by atoms with Gasteiger partial charge in [-0.2, -0.15) is 0 Å². The molecule has 1 fully saturated rings. The highest BCUT2D eigenvalue weighted by Gasteiger charge is 2.43. The number of amides is 1. The first-order chi connectivity index (χ1) is 9.88. The first-order valence-corrected chi connectivity index (χ1v) is 7.21. The molecule has 7 nitrogen and oxygen atoms in total. The molecule has 0 aromatic heterocycles. The van der Waals surface area contributed by atoms with Crippen molar-refractivity contribution in [2.75, 3.05) is 13.6 Å². The second-order valence-corrected chi connectivity index (χ2v) is 5.39. The maximum atomic E-state index is 11.1. The van der Waals surface area contributed by atoms with E-state index < -0.39 is 24.5 Å². The van der Waals surface area contributed by atoms with Gasteiger partial charge in [-0.3, -0.25) is 10.1 Å². The summed E-state index contributed by atoms with van der Waals surface area (Å²) in [6.07, 6.45) is -1.69. The number of unbranched alkanes of at least 4 members (excludes halogenated alkanes) is 1. The Labute approximate surface area is 125 Å². The second-order valence-electron chi connectivity index (χ2n) is 5.39. The van der Waals surface area contributed by atoms with Crippen LogP contribution in [0.4, 0.5) is 0 Å². The summed E-state index contributed by atoms with van der Waals surface area (Å²) in [5.74, 6) is -0.623. The van der Waals surface area contributed by atoms with Crippen molar-refractivity contribution in [3.63, 3.8) is 0 Å². The van der Waals surface area contributed by atoms with Gasteiger partial charge >= 0.3 is 0 Å². The van der Waals surface area contributed by atoms with Gasteiger partial charge in [-0.15, -0.1) is 0 Å². The second kappa shape index (κ2) is 8.33. The highest BCUT2D eigenvalue weighted by Crippen LogP contribution is 2.27. The fourth-order valence-corrected chi connectivity index (χ4v) is 2.32. The van der Waals surface area contributed by atoms with Gasteiger partial charge in [-0.05, 0) is 19.4 Å². The Kier molecular flexibility index (Phi) is 7.10. The Bertz CT molecular complexity index is 363. The van der Waals surface area contributed by atoms with Gasteiger partial charge in [-0.1, -0.05) is 13.5 Å². The number of hydrogen-bond acceptors (Lipinski definition) is 6.